The summed E-state index contributed by atoms with van der Waals surface area (Å²) in [5, 5.41) is 8.93. The lowest BCUT2D eigenvalue weighted by atomic mass is 10.2. The molecule has 0 saturated carbocycles. The number of imidazole rings is 1. The van der Waals surface area contributed by atoms with E-state index < -0.39 is 5.97 Å². The summed E-state index contributed by atoms with van der Waals surface area (Å²) in [5.41, 5.74) is 2.66. The maximum absolute atomic E-state index is 10.9. The van der Waals surface area contributed by atoms with E-state index in [0.29, 0.717) is 11.5 Å². The molecule has 0 aliphatic rings. The van der Waals surface area contributed by atoms with Crippen LogP contribution >= 0.6 is 0 Å². The van der Waals surface area contributed by atoms with Gasteiger partial charge < -0.3 is 5.11 Å². The second kappa shape index (κ2) is 4.01. The zero-order valence-corrected chi connectivity index (χ0v) is 9.93. The second-order valence-electron chi connectivity index (χ2n) is 3.89. The zero-order chi connectivity index (χ0) is 12.6. The number of aromatic nitrogens is 3. The molecule has 0 bridgehead atoms. The number of pyridine rings is 1. The number of aromatic carboxylic acids is 1. The van der Waals surface area contributed by atoms with E-state index in [4.69, 9.17) is 5.11 Å². The number of hydrogen-bond donors (Lipinski definition) is 1. The standard InChI is InChI=1S/C12H13N3O2/c1-7-9(3)15(6-13-7)11-5-4-10(12(16)17)8(2)14-11/h4-6H,1-3H3,(H,16,17). The molecule has 88 valence electrons. The van der Waals surface area contributed by atoms with Gasteiger partial charge in [0.25, 0.3) is 0 Å². The molecule has 0 radical (unpaired) electrons. The van der Waals surface area contributed by atoms with Crippen LogP contribution in [0.4, 0.5) is 0 Å². The lowest BCUT2D eigenvalue weighted by molar-refractivity contribution is 0.0695. The molecule has 0 fully saturated rings. The molecule has 0 unspecified atom stereocenters. The fraction of sp³-hybridized carbons (Fsp3) is 0.250. The van der Waals surface area contributed by atoms with Crippen molar-refractivity contribution in [3.63, 3.8) is 0 Å². The summed E-state index contributed by atoms with van der Waals surface area (Å²) < 4.78 is 1.84. The molecule has 0 amide bonds. The summed E-state index contributed by atoms with van der Waals surface area (Å²) in [6.45, 7) is 5.56. The van der Waals surface area contributed by atoms with Crippen LogP contribution in [-0.2, 0) is 0 Å². The number of rotatable bonds is 2. The Bertz CT molecular complexity index is 587. The fourth-order valence-corrected chi connectivity index (χ4v) is 1.64. The van der Waals surface area contributed by atoms with Crippen LogP contribution in [0.5, 0.6) is 0 Å². The lowest BCUT2D eigenvalue weighted by Crippen LogP contribution is -2.05. The van der Waals surface area contributed by atoms with E-state index in [1.54, 1.807) is 25.4 Å². The molecule has 0 spiro atoms. The van der Waals surface area contributed by atoms with Crippen molar-refractivity contribution in [3.05, 3.63) is 41.1 Å². The molecular weight excluding hydrogens is 218 g/mol. The average Bonchev–Trinajstić information content (AvgIpc) is 2.59. The number of carbonyl (C=O) groups is 1. The molecule has 0 saturated heterocycles. The minimum absolute atomic E-state index is 0.225. The quantitative estimate of drug-likeness (QED) is 0.857. The van der Waals surface area contributed by atoms with E-state index in [9.17, 15) is 4.79 Å². The second-order valence-corrected chi connectivity index (χ2v) is 3.89. The van der Waals surface area contributed by atoms with E-state index in [0.717, 1.165) is 11.4 Å². The highest BCUT2D eigenvalue weighted by Gasteiger charge is 2.11. The highest BCUT2D eigenvalue weighted by Crippen LogP contribution is 2.14. The zero-order valence-electron chi connectivity index (χ0n) is 9.93. The Morgan fingerprint density at radius 2 is 1.94 bits per heavy atom. The maximum atomic E-state index is 10.9. The van der Waals surface area contributed by atoms with Gasteiger partial charge in [-0.05, 0) is 32.9 Å². The van der Waals surface area contributed by atoms with Crippen LogP contribution in [0.1, 0.15) is 27.4 Å². The van der Waals surface area contributed by atoms with E-state index in [-0.39, 0.29) is 5.56 Å². The van der Waals surface area contributed by atoms with Gasteiger partial charge in [-0.25, -0.2) is 14.8 Å². The van der Waals surface area contributed by atoms with Gasteiger partial charge in [-0.3, -0.25) is 4.57 Å². The molecular formula is C12H13N3O2. The van der Waals surface area contributed by atoms with E-state index in [1.807, 2.05) is 18.4 Å². The van der Waals surface area contributed by atoms with Gasteiger partial charge in [-0.2, -0.15) is 0 Å². The molecule has 0 aliphatic heterocycles. The molecule has 0 aliphatic carbocycles. The Balaban J connectivity index is 2.52. The van der Waals surface area contributed by atoms with Crippen LogP contribution in [0.15, 0.2) is 18.5 Å². The average molecular weight is 231 g/mol. The predicted molar refractivity (Wildman–Crippen MR) is 62.5 cm³/mol. The molecule has 2 aromatic heterocycles. The molecule has 2 aromatic rings. The maximum Gasteiger partial charge on any atom is 0.337 e. The Hall–Kier alpha value is -2.17. The van der Waals surface area contributed by atoms with Crippen LogP contribution in [-0.4, -0.2) is 25.6 Å². The van der Waals surface area contributed by atoms with Crippen LogP contribution in [0.25, 0.3) is 5.82 Å². The van der Waals surface area contributed by atoms with Crippen molar-refractivity contribution in [2.45, 2.75) is 20.8 Å². The van der Waals surface area contributed by atoms with Crippen molar-refractivity contribution in [1.29, 1.82) is 0 Å². The summed E-state index contributed by atoms with van der Waals surface area (Å²) in [6, 6.07) is 3.25. The Morgan fingerprint density at radius 1 is 1.24 bits per heavy atom. The summed E-state index contributed by atoms with van der Waals surface area (Å²) in [7, 11) is 0. The lowest BCUT2D eigenvalue weighted by Gasteiger charge is -2.07. The Labute approximate surface area is 98.8 Å². The number of hydrogen-bond acceptors (Lipinski definition) is 3. The minimum atomic E-state index is -0.958. The third-order valence-electron chi connectivity index (χ3n) is 2.80. The molecule has 1 N–H and O–H groups in total. The molecule has 0 atom stereocenters. The van der Waals surface area contributed by atoms with Crippen molar-refractivity contribution in [1.82, 2.24) is 14.5 Å². The van der Waals surface area contributed by atoms with Crippen molar-refractivity contribution < 1.29 is 9.90 Å². The molecule has 17 heavy (non-hydrogen) atoms. The smallest absolute Gasteiger partial charge is 0.337 e. The van der Waals surface area contributed by atoms with E-state index >= 15 is 0 Å². The van der Waals surface area contributed by atoms with Crippen LogP contribution < -0.4 is 0 Å². The predicted octanol–water partition coefficient (Wildman–Crippen LogP) is 1.89. The molecule has 2 heterocycles. The van der Waals surface area contributed by atoms with E-state index in [2.05, 4.69) is 9.97 Å². The van der Waals surface area contributed by atoms with Gasteiger partial charge in [0, 0.05) is 5.69 Å². The minimum Gasteiger partial charge on any atom is -0.478 e. The van der Waals surface area contributed by atoms with Gasteiger partial charge in [0.2, 0.25) is 0 Å². The Kier molecular flexibility index (Phi) is 2.67. The van der Waals surface area contributed by atoms with Crippen molar-refractivity contribution in [2.75, 3.05) is 0 Å². The van der Waals surface area contributed by atoms with Gasteiger partial charge in [0.15, 0.2) is 0 Å². The molecule has 5 heteroatoms. The molecule has 5 nitrogen and oxygen atoms in total. The third-order valence-corrected chi connectivity index (χ3v) is 2.80. The first-order valence-corrected chi connectivity index (χ1v) is 5.22. The third kappa shape index (κ3) is 1.91. The normalized spacial score (nSPS) is 10.5. The number of nitrogens with zero attached hydrogens (tertiary/aromatic N) is 3. The highest BCUT2D eigenvalue weighted by atomic mass is 16.4. The van der Waals surface area contributed by atoms with Gasteiger partial charge in [-0.15, -0.1) is 0 Å². The monoisotopic (exact) mass is 231 g/mol. The van der Waals surface area contributed by atoms with Crippen LogP contribution in [0.2, 0.25) is 0 Å². The van der Waals surface area contributed by atoms with Gasteiger partial charge in [-0.1, -0.05) is 0 Å². The van der Waals surface area contributed by atoms with Gasteiger partial charge >= 0.3 is 5.97 Å². The van der Waals surface area contributed by atoms with Crippen molar-refractivity contribution in [3.8, 4) is 5.82 Å². The summed E-state index contributed by atoms with van der Waals surface area (Å²) in [6.07, 6.45) is 1.69. The van der Waals surface area contributed by atoms with Crippen LogP contribution in [0, 0.1) is 20.8 Å². The fourth-order valence-electron chi connectivity index (χ4n) is 1.64. The van der Waals surface area contributed by atoms with Gasteiger partial charge in [0.1, 0.15) is 12.1 Å². The first kappa shape index (κ1) is 11.3. The van der Waals surface area contributed by atoms with Gasteiger partial charge in [0.05, 0.1) is 17.0 Å². The summed E-state index contributed by atoms with van der Waals surface area (Å²) in [5.74, 6) is -0.273. The first-order chi connectivity index (χ1) is 8.00. The van der Waals surface area contributed by atoms with Crippen molar-refractivity contribution >= 4 is 5.97 Å². The largest absolute Gasteiger partial charge is 0.478 e. The van der Waals surface area contributed by atoms with Crippen LogP contribution in [0.3, 0.4) is 0 Å². The topological polar surface area (TPSA) is 68.0 Å². The number of carboxylic acid groups (broad SMARTS) is 1. The Morgan fingerprint density at radius 3 is 2.41 bits per heavy atom. The summed E-state index contributed by atoms with van der Waals surface area (Å²) in [4.78, 5) is 19.3. The first-order valence-electron chi connectivity index (χ1n) is 5.22. The molecule has 0 aromatic carbocycles. The highest BCUT2D eigenvalue weighted by molar-refractivity contribution is 5.88. The SMILES string of the molecule is Cc1nc(-n2cnc(C)c2C)ccc1C(=O)O. The van der Waals surface area contributed by atoms with E-state index in [1.165, 1.54) is 0 Å². The van der Waals surface area contributed by atoms with Crippen molar-refractivity contribution in [2.24, 2.45) is 0 Å². The summed E-state index contributed by atoms with van der Waals surface area (Å²) >= 11 is 0. The number of carboxylic acids is 1. The molecule has 2 rings (SSSR count). The number of aryl methyl sites for hydroxylation is 2.